The Morgan fingerprint density at radius 2 is 0.907 bits per heavy atom. The third kappa shape index (κ3) is 4.55. The van der Waals surface area contributed by atoms with Crippen molar-refractivity contribution in [2.75, 3.05) is 0 Å². The van der Waals surface area contributed by atoms with Gasteiger partial charge in [0.2, 0.25) is 0 Å². The Hall–Kier alpha value is -7.10. The molecule has 3 heteroatoms. The number of rotatable bonds is 4. The average Bonchev–Trinajstić information content (AvgIpc) is 3.53. The minimum Gasteiger partial charge on any atom is -0.457 e. The van der Waals surface area contributed by atoms with E-state index in [0.29, 0.717) is 5.82 Å². The summed E-state index contributed by atoms with van der Waals surface area (Å²) in [6, 6.07) is 68.9. The van der Waals surface area contributed by atoms with Crippen molar-refractivity contribution in [3.05, 3.63) is 216 Å². The number of aromatic nitrogens is 2. The van der Waals surface area contributed by atoms with Gasteiger partial charge in [-0.1, -0.05) is 170 Å². The molecule has 54 heavy (non-hydrogen) atoms. The van der Waals surface area contributed by atoms with Gasteiger partial charge in [0.1, 0.15) is 11.5 Å². The third-order valence-corrected chi connectivity index (χ3v) is 11.2. The van der Waals surface area contributed by atoms with E-state index < -0.39 is 5.41 Å². The van der Waals surface area contributed by atoms with Crippen LogP contribution in [0.15, 0.2) is 194 Å². The maximum Gasteiger partial charge on any atom is 0.160 e. The Bertz CT molecular complexity index is 2860. The zero-order chi connectivity index (χ0) is 35.6. The molecular weight excluding hydrogens is 657 g/mol. The highest BCUT2D eigenvalue weighted by Crippen LogP contribution is 2.62. The maximum atomic E-state index is 6.58. The van der Waals surface area contributed by atoms with Gasteiger partial charge in [0, 0.05) is 27.8 Å². The molecule has 1 spiro atoms. The molecule has 2 aliphatic rings. The second kappa shape index (κ2) is 12.0. The molecule has 0 N–H and O–H groups in total. The highest BCUT2D eigenvalue weighted by molar-refractivity contribution is 5.97. The molecule has 2 heterocycles. The Kier molecular flexibility index (Phi) is 6.77. The zero-order valence-electron chi connectivity index (χ0n) is 29.3. The summed E-state index contributed by atoms with van der Waals surface area (Å²) in [6.45, 7) is 0. The Labute approximate surface area is 313 Å². The monoisotopic (exact) mass is 688 g/mol. The summed E-state index contributed by atoms with van der Waals surface area (Å²) in [5.74, 6) is 2.45. The van der Waals surface area contributed by atoms with Gasteiger partial charge in [-0.2, -0.15) is 0 Å². The van der Waals surface area contributed by atoms with Crippen LogP contribution in [0.3, 0.4) is 0 Å². The van der Waals surface area contributed by atoms with Gasteiger partial charge in [-0.25, -0.2) is 9.97 Å². The second-order valence-corrected chi connectivity index (χ2v) is 14.1. The highest BCUT2D eigenvalue weighted by atomic mass is 16.5. The van der Waals surface area contributed by atoms with E-state index in [4.69, 9.17) is 14.7 Å². The van der Waals surface area contributed by atoms with Gasteiger partial charge in [-0.15, -0.1) is 0 Å². The van der Waals surface area contributed by atoms with Crippen molar-refractivity contribution in [1.82, 2.24) is 9.97 Å². The number of benzene rings is 8. The fraction of sp³-hybridized carbons (Fsp3) is 0.0196. The molecule has 0 amide bonds. The summed E-state index contributed by atoms with van der Waals surface area (Å²) < 4.78 is 6.58. The molecule has 1 aliphatic heterocycles. The summed E-state index contributed by atoms with van der Waals surface area (Å²) in [6.07, 6.45) is 0. The number of nitrogens with zero attached hydrogens (tertiary/aromatic N) is 2. The van der Waals surface area contributed by atoms with E-state index in [-0.39, 0.29) is 0 Å². The van der Waals surface area contributed by atoms with E-state index in [1.807, 2.05) is 6.07 Å². The minimum atomic E-state index is -0.553. The molecule has 0 bridgehead atoms. The molecule has 3 nitrogen and oxygen atoms in total. The predicted octanol–water partition coefficient (Wildman–Crippen LogP) is 12.8. The fourth-order valence-electron chi connectivity index (χ4n) is 8.77. The van der Waals surface area contributed by atoms with E-state index in [9.17, 15) is 0 Å². The zero-order valence-corrected chi connectivity index (χ0v) is 29.3. The molecule has 11 rings (SSSR count). The maximum absolute atomic E-state index is 6.58. The summed E-state index contributed by atoms with van der Waals surface area (Å²) >= 11 is 0. The number of hydrogen-bond acceptors (Lipinski definition) is 3. The van der Waals surface area contributed by atoms with Gasteiger partial charge in [0.25, 0.3) is 0 Å². The summed E-state index contributed by atoms with van der Waals surface area (Å²) in [7, 11) is 0. The van der Waals surface area contributed by atoms with Crippen molar-refractivity contribution in [3.63, 3.8) is 0 Å². The first-order valence-corrected chi connectivity index (χ1v) is 18.4. The Morgan fingerprint density at radius 1 is 0.352 bits per heavy atom. The highest BCUT2D eigenvalue weighted by Gasteiger charge is 2.51. The third-order valence-electron chi connectivity index (χ3n) is 11.2. The van der Waals surface area contributed by atoms with Gasteiger partial charge < -0.3 is 4.74 Å². The molecular formula is C51H32N2O. The van der Waals surface area contributed by atoms with Crippen LogP contribution in [-0.2, 0) is 5.41 Å². The Morgan fingerprint density at radius 3 is 1.69 bits per heavy atom. The number of ether oxygens (including phenoxy) is 1. The number of fused-ring (bicyclic) bond motifs is 10. The van der Waals surface area contributed by atoms with Crippen LogP contribution in [-0.4, -0.2) is 9.97 Å². The molecule has 0 unspecified atom stereocenters. The quantitative estimate of drug-likeness (QED) is 0.185. The van der Waals surface area contributed by atoms with Crippen molar-refractivity contribution in [1.29, 1.82) is 0 Å². The molecule has 252 valence electrons. The average molecular weight is 689 g/mol. The Balaban J connectivity index is 1.10. The van der Waals surface area contributed by atoms with Gasteiger partial charge in [-0.3, -0.25) is 0 Å². The van der Waals surface area contributed by atoms with Gasteiger partial charge in [0.05, 0.1) is 16.8 Å². The molecule has 1 aromatic heterocycles. The lowest BCUT2D eigenvalue weighted by molar-refractivity contribution is 0.436. The molecule has 8 aromatic carbocycles. The summed E-state index contributed by atoms with van der Waals surface area (Å²) in [4.78, 5) is 10.5. The first kappa shape index (κ1) is 30.5. The lowest BCUT2D eigenvalue weighted by Gasteiger charge is -2.39. The normalized spacial score (nSPS) is 13.1. The van der Waals surface area contributed by atoms with Crippen molar-refractivity contribution < 1.29 is 4.74 Å². The van der Waals surface area contributed by atoms with Crippen LogP contribution < -0.4 is 4.74 Å². The van der Waals surface area contributed by atoms with E-state index in [1.54, 1.807) is 0 Å². The summed E-state index contributed by atoms with van der Waals surface area (Å²) in [5, 5.41) is 2.47. The SMILES string of the molecule is c1ccc(-c2cc(-c3ccc4c(c3)C3(c5ccccc5Oc5ccccc53)c3ccccc3-4)nc(-c3ccc(-c4cccc5ccccc45)cc3)n2)cc1. The summed E-state index contributed by atoms with van der Waals surface area (Å²) in [5.41, 5.74) is 13.9. The van der Waals surface area contributed by atoms with Gasteiger partial charge in [-0.05, 0) is 68.4 Å². The van der Waals surface area contributed by atoms with Gasteiger partial charge in [0.15, 0.2) is 5.82 Å². The predicted molar refractivity (Wildman–Crippen MR) is 219 cm³/mol. The van der Waals surface area contributed by atoms with Crippen LogP contribution in [0.4, 0.5) is 0 Å². The van der Waals surface area contributed by atoms with Crippen LogP contribution in [0.2, 0.25) is 0 Å². The van der Waals surface area contributed by atoms with Crippen molar-refractivity contribution in [2.24, 2.45) is 0 Å². The lowest BCUT2D eigenvalue weighted by Crippen LogP contribution is -2.32. The second-order valence-electron chi connectivity index (χ2n) is 14.1. The smallest absolute Gasteiger partial charge is 0.160 e. The number of para-hydroxylation sites is 2. The van der Waals surface area contributed by atoms with Crippen LogP contribution in [0.25, 0.3) is 66.9 Å². The topological polar surface area (TPSA) is 35.0 Å². The first-order valence-electron chi connectivity index (χ1n) is 18.4. The van der Waals surface area contributed by atoms with Crippen molar-refractivity contribution >= 4 is 10.8 Å². The van der Waals surface area contributed by atoms with Crippen LogP contribution in [0.5, 0.6) is 11.5 Å². The lowest BCUT2D eigenvalue weighted by atomic mass is 9.66. The molecule has 0 saturated heterocycles. The van der Waals surface area contributed by atoms with Crippen LogP contribution >= 0.6 is 0 Å². The van der Waals surface area contributed by atoms with E-state index in [0.717, 1.165) is 56.3 Å². The van der Waals surface area contributed by atoms with E-state index in [1.165, 1.54) is 38.6 Å². The first-order chi connectivity index (χ1) is 26.8. The molecule has 0 saturated carbocycles. The molecule has 1 aliphatic carbocycles. The largest absolute Gasteiger partial charge is 0.457 e. The standard InChI is InChI=1S/C51H32N2O/c1-2-14-35(15-3-1)46-32-47(53-50(52-46)36-27-25-34(26-28-36)39-19-12-16-33-13-4-5-17-38(33)39)37-29-30-41-40-18-6-7-20-42(40)51(45(41)31-37)43-21-8-10-23-48(43)54-49-24-11-9-22-44(49)51/h1-32H. The van der Waals surface area contributed by atoms with Crippen LogP contribution in [0, 0.1) is 0 Å². The van der Waals surface area contributed by atoms with Gasteiger partial charge >= 0.3 is 0 Å². The minimum absolute atomic E-state index is 0.553. The molecule has 0 fully saturated rings. The molecule has 0 radical (unpaired) electrons. The van der Waals surface area contributed by atoms with Crippen molar-refractivity contribution in [2.45, 2.75) is 5.41 Å². The van der Waals surface area contributed by atoms with E-state index >= 15 is 0 Å². The van der Waals surface area contributed by atoms with Crippen LogP contribution in [0.1, 0.15) is 22.3 Å². The van der Waals surface area contributed by atoms with Crippen molar-refractivity contribution in [3.8, 4) is 67.7 Å². The molecule has 9 aromatic rings. The fourth-order valence-corrected chi connectivity index (χ4v) is 8.77. The van der Waals surface area contributed by atoms with E-state index in [2.05, 4.69) is 188 Å². The number of hydrogen-bond donors (Lipinski definition) is 0. The molecule has 0 atom stereocenters.